The number of nitrogens with zero attached hydrogens (tertiary/aromatic N) is 1. The Bertz CT molecular complexity index is 471. The molecule has 0 aliphatic carbocycles. The van der Waals surface area contributed by atoms with E-state index in [-0.39, 0.29) is 6.61 Å². The average molecular weight is 228 g/mol. The van der Waals surface area contributed by atoms with E-state index in [1.165, 1.54) is 0 Å². The summed E-state index contributed by atoms with van der Waals surface area (Å²) >= 11 is 0. The van der Waals surface area contributed by atoms with Crippen LogP contribution in [0.5, 0.6) is 0 Å². The van der Waals surface area contributed by atoms with Crippen LogP contribution in [0.1, 0.15) is 23.0 Å². The van der Waals surface area contributed by atoms with Crippen LogP contribution in [0.15, 0.2) is 48.8 Å². The molecule has 0 bridgehead atoms. The highest BCUT2D eigenvalue weighted by Gasteiger charge is 2.11. The van der Waals surface area contributed by atoms with Crippen LogP contribution in [0, 0.1) is 6.92 Å². The summed E-state index contributed by atoms with van der Waals surface area (Å²) in [5, 5.41) is 11.9. The number of rotatable bonds is 4. The van der Waals surface area contributed by atoms with E-state index in [4.69, 9.17) is 4.74 Å². The van der Waals surface area contributed by atoms with Crippen molar-refractivity contribution < 1.29 is 9.84 Å². The molecule has 0 spiro atoms. The van der Waals surface area contributed by atoms with Gasteiger partial charge < -0.3 is 4.74 Å². The summed E-state index contributed by atoms with van der Waals surface area (Å²) in [5.74, 6) is 0. The third-order valence-electron chi connectivity index (χ3n) is 2.57. The van der Waals surface area contributed by atoms with Crippen molar-refractivity contribution in [3.63, 3.8) is 0 Å². The van der Waals surface area contributed by atoms with E-state index in [9.17, 15) is 5.11 Å². The van der Waals surface area contributed by atoms with Crippen molar-refractivity contribution in [1.29, 1.82) is 0 Å². The quantitative estimate of drug-likeness (QED) is 0.755. The number of hydrogen-bond donors (Lipinski definition) is 0. The molecule has 3 heteroatoms. The fourth-order valence-electron chi connectivity index (χ4n) is 1.60. The lowest BCUT2D eigenvalue weighted by atomic mass is 10.1. The number of hydrogen-bond acceptors (Lipinski definition) is 2. The zero-order valence-corrected chi connectivity index (χ0v) is 9.67. The van der Waals surface area contributed by atoms with E-state index in [1.807, 2.05) is 37.3 Å². The van der Waals surface area contributed by atoms with E-state index in [2.05, 4.69) is 4.98 Å². The molecule has 0 amide bonds. The number of aromatic nitrogens is 1. The van der Waals surface area contributed by atoms with Gasteiger partial charge in [-0.15, -0.1) is 0 Å². The molecule has 87 valence electrons. The minimum atomic E-state index is -1.14. The summed E-state index contributed by atoms with van der Waals surface area (Å²) in [6.07, 6.45) is 2.25. The lowest BCUT2D eigenvalue weighted by Gasteiger charge is -2.12. The first-order chi connectivity index (χ1) is 8.27. The van der Waals surface area contributed by atoms with E-state index >= 15 is 0 Å². The van der Waals surface area contributed by atoms with Gasteiger partial charge >= 0.3 is 0 Å². The molecule has 17 heavy (non-hydrogen) atoms. The Morgan fingerprint density at radius 1 is 1.24 bits per heavy atom. The summed E-state index contributed by atoms with van der Waals surface area (Å²) in [6, 6.07) is 11.2. The largest absolute Gasteiger partial charge is 0.341 e. The molecule has 1 unspecified atom stereocenters. The van der Waals surface area contributed by atoms with Gasteiger partial charge in [-0.05, 0) is 24.1 Å². The van der Waals surface area contributed by atoms with Crippen LogP contribution >= 0.6 is 0 Å². The van der Waals surface area contributed by atoms with E-state index in [0.29, 0.717) is 5.56 Å². The van der Waals surface area contributed by atoms with Crippen molar-refractivity contribution in [3.8, 4) is 0 Å². The van der Waals surface area contributed by atoms with Crippen LogP contribution in [0.3, 0.4) is 0 Å². The highest BCUT2D eigenvalue weighted by atomic mass is 16.6. The minimum absolute atomic E-state index is 0.288. The number of ether oxygens (including phenoxy) is 1. The van der Waals surface area contributed by atoms with Crippen molar-refractivity contribution in [2.75, 3.05) is 0 Å². The summed E-state index contributed by atoms with van der Waals surface area (Å²) in [4.78, 5) is 3.97. The normalized spacial score (nSPS) is 12.4. The summed E-state index contributed by atoms with van der Waals surface area (Å²) < 4.78 is 5.30. The molecular weight excluding hydrogens is 214 g/mol. The molecule has 1 atom stereocenters. The first kappa shape index (κ1) is 11.8. The highest BCUT2D eigenvalue weighted by Crippen LogP contribution is 2.20. The van der Waals surface area contributed by atoms with Gasteiger partial charge in [0.15, 0.2) is 0 Å². The molecule has 0 saturated heterocycles. The Morgan fingerprint density at radius 3 is 2.76 bits per heavy atom. The molecule has 0 N–H and O–H groups in total. The predicted octanol–water partition coefficient (Wildman–Crippen LogP) is 3.04. The van der Waals surface area contributed by atoms with Gasteiger partial charge in [-0.25, -0.2) is 0 Å². The van der Waals surface area contributed by atoms with Crippen molar-refractivity contribution in [3.05, 3.63) is 65.5 Å². The molecule has 3 nitrogen and oxygen atoms in total. The smallest absolute Gasteiger partial charge is 0.218 e. The van der Waals surface area contributed by atoms with Gasteiger partial charge in [-0.1, -0.05) is 30.3 Å². The molecule has 0 saturated carbocycles. The fraction of sp³-hybridized carbons (Fsp3) is 0.214. The van der Waals surface area contributed by atoms with Crippen LogP contribution in [0.25, 0.3) is 0 Å². The van der Waals surface area contributed by atoms with Crippen LogP contribution in [-0.2, 0) is 16.5 Å². The van der Waals surface area contributed by atoms with Gasteiger partial charge in [0, 0.05) is 18.0 Å². The molecule has 1 aromatic carbocycles. The molecule has 1 radical (unpaired) electrons. The van der Waals surface area contributed by atoms with Crippen LogP contribution in [0.2, 0.25) is 0 Å². The van der Waals surface area contributed by atoms with Gasteiger partial charge in [0.25, 0.3) is 0 Å². The highest BCUT2D eigenvalue weighted by molar-refractivity contribution is 5.26. The molecule has 2 aromatic rings. The first-order valence-electron chi connectivity index (χ1n) is 5.49. The number of pyridine rings is 1. The predicted molar refractivity (Wildman–Crippen MR) is 63.6 cm³/mol. The maximum absolute atomic E-state index is 11.9. The third-order valence-corrected chi connectivity index (χ3v) is 2.57. The summed E-state index contributed by atoms with van der Waals surface area (Å²) in [7, 11) is 0. The second-order valence-electron chi connectivity index (χ2n) is 3.86. The van der Waals surface area contributed by atoms with Crippen molar-refractivity contribution in [1.82, 2.24) is 4.98 Å². The van der Waals surface area contributed by atoms with Gasteiger partial charge in [0.1, 0.15) is 0 Å². The zero-order chi connectivity index (χ0) is 12.1. The molecule has 1 heterocycles. The van der Waals surface area contributed by atoms with Gasteiger partial charge in [0.2, 0.25) is 6.29 Å². The Labute approximate surface area is 101 Å². The second-order valence-corrected chi connectivity index (χ2v) is 3.86. The van der Waals surface area contributed by atoms with Crippen molar-refractivity contribution in [2.45, 2.75) is 19.8 Å². The Kier molecular flexibility index (Phi) is 3.85. The number of benzene rings is 1. The van der Waals surface area contributed by atoms with Gasteiger partial charge in [-0.3, -0.25) is 4.98 Å². The summed E-state index contributed by atoms with van der Waals surface area (Å²) in [6.45, 7) is 2.20. The van der Waals surface area contributed by atoms with Crippen molar-refractivity contribution >= 4 is 0 Å². The number of aryl methyl sites for hydroxylation is 1. The second kappa shape index (κ2) is 5.57. The Hall–Kier alpha value is -1.71. The Balaban J connectivity index is 1.99. The molecule has 0 aliphatic rings. The van der Waals surface area contributed by atoms with E-state index < -0.39 is 6.29 Å². The molecule has 2 rings (SSSR count). The Morgan fingerprint density at radius 2 is 2.06 bits per heavy atom. The fourth-order valence-corrected chi connectivity index (χ4v) is 1.60. The monoisotopic (exact) mass is 228 g/mol. The summed E-state index contributed by atoms with van der Waals surface area (Å²) in [5.41, 5.74) is 2.55. The average Bonchev–Trinajstić information content (AvgIpc) is 2.38. The standard InChI is InChI=1S/C14H14NO2/c1-11-5-2-3-7-13(11)14(16)17-10-12-6-4-8-15-9-12/h2-9,14H,10H2,1H3. The van der Waals surface area contributed by atoms with Gasteiger partial charge in [-0.2, -0.15) is 5.11 Å². The topological polar surface area (TPSA) is 42.0 Å². The maximum atomic E-state index is 11.9. The first-order valence-corrected chi connectivity index (χ1v) is 5.49. The molecule has 0 fully saturated rings. The van der Waals surface area contributed by atoms with Crippen LogP contribution in [0.4, 0.5) is 0 Å². The van der Waals surface area contributed by atoms with E-state index in [0.717, 1.165) is 11.1 Å². The lowest BCUT2D eigenvalue weighted by Crippen LogP contribution is -2.04. The lowest BCUT2D eigenvalue weighted by molar-refractivity contribution is -0.152. The molecule has 1 aromatic heterocycles. The van der Waals surface area contributed by atoms with E-state index in [1.54, 1.807) is 18.5 Å². The maximum Gasteiger partial charge on any atom is 0.218 e. The molecule has 0 aliphatic heterocycles. The van der Waals surface area contributed by atoms with Crippen LogP contribution < -0.4 is 0 Å². The third kappa shape index (κ3) is 3.12. The van der Waals surface area contributed by atoms with Gasteiger partial charge in [0.05, 0.1) is 6.61 Å². The van der Waals surface area contributed by atoms with Crippen molar-refractivity contribution in [2.24, 2.45) is 0 Å². The zero-order valence-electron chi connectivity index (χ0n) is 9.67. The SMILES string of the molecule is Cc1ccccc1C([O])OCc1cccnc1. The van der Waals surface area contributed by atoms with Crippen LogP contribution in [-0.4, -0.2) is 4.98 Å². The molecular formula is C14H14NO2. The minimum Gasteiger partial charge on any atom is -0.341 e.